The molecule has 0 atom stereocenters. The molecule has 0 bridgehead atoms. The normalized spacial score (nSPS) is 10.7. The van der Waals surface area contributed by atoms with Crippen molar-refractivity contribution in [2.75, 3.05) is 10.6 Å². The maximum absolute atomic E-state index is 12.0. The molecule has 4 nitrogen and oxygen atoms in total. The molecule has 0 aromatic heterocycles. The van der Waals surface area contributed by atoms with Gasteiger partial charge in [-0.3, -0.25) is 4.79 Å². The highest BCUT2D eigenvalue weighted by molar-refractivity contribution is 6.37. The van der Waals surface area contributed by atoms with Crippen LogP contribution in [0.4, 0.5) is 11.4 Å². The zero-order valence-electron chi connectivity index (χ0n) is 17.6. The summed E-state index contributed by atoms with van der Waals surface area (Å²) >= 11 is 12.8. The van der Waals surface area contributed by atoms with Crippen LogP contribution in [0, 0.1) is 5.92 Å². The molecule has 1 amide bonds. The van der Waals surface area contributed by atoms with Crippen LogP contribution < -0.4 is 15.4 Å². The second-order valence-electron chi connectivity index (χ2n) is 7.74. The van der Waals surface area contributed by atoms with Crippen LogP contribution in [0.2, 0.25) is 10.0 Å². The van der Waals surface area contributed by atoms with Crippen LogP contribution in [0.3, 0.4) is 0 Å². The standard InChI is InChI=1S/C25H26Cl2N2O2/c1-17(2)11-24(30)29-21-10-6-9-20(14-21)28-15-19-12-22(26)25(23(27)13-19)31-16-18-7-4-3-5-8-18/h3-10,12-14,17,28H,11,15-16H2,1-2H3,(H,29,30). The largest absolute Gasteiger partial charge is 0.486 e. The highest BCUT2D eigenvalue weighted by Gasteiger charge is 2.11. The first-order chi connectivity index (χ1) is 14.9. The van der Waals surface area contributed by atoms with E-state index in [1.54, 1.807) is 0 Å². The minimum atomic E-state index is 0.0109. The lowest BCUT2D eigenvalue weighted by Crippen LogP contribution is -2.13. The Morgan fingerprint density at radius 3 is 2.26 bits per heavy atom. The van der Waals surface area contributed by atoms with Crippen molar-refractivity contribution in [3.63, 3.8) is 0 Å². The van der Waals surface area contributed by atoms with Gasteiger partial charge >= 0.3 is 0 Å². The maximum atomic E-state index is 12.0. The van der Waals surface area contributed by atoms with Gasteiger partial charge in [0.1, 0.15) is 6.61 Å². The summed E-state index contributed by atoms with van der Waals surface area (Å²) in [6, 6.07) is 21.1. The molecule has 0 radical (unpaired) electrons. The number of ether oxygens (including phenoxy) is 1. The molecule has 2 N–H and O–H groups in total. The minimum Gasteiger partial charge on any atom is -0.486 e. The Hall–Kier alpha value is -2.69. The van der Waals surface area contributed by atoms with E-state index in [9.17, 15) is 4.79 Å². The smallest absolute Gasteiger partial charge is 0.224 e. The second-order valence-corrected chi connectivity index (χ2v) is 8.56. The number of amides is 1. The van der Waals surface area contributed by atoms with Gasteiger partial charge in [0.25, 0.3) is 0 Å². The molecule has 0 saturated heterocycles. The van der Waals surface area contributed by atoms with Gasteiger partial charge in [0.15, 0.2) is 5.75 Å². The van der Waals surface area contributed by atoms with Gasteiger partial charge in [0.05, 0.1) is 10.0 Å². The molecule has 3 aromatic carbocycles. The first kappa shape index (κ1) is 23.0. The highest BCUT2D eigenvalue weighted by atomic mass is 35.5. The molecule has 6 heteroatoms. The third-order valence-electron chi connectivity index (χ3n) is 4.52. The number of carbonyl (C=O) groups is 1. The van der Waals surface area contributed by atoms with Crippen molar-refractivity contribution >= 4 is 40.5 Å². The number of hydrogen-bond acceptors (Lipinski definition) is 3. The lowest BCUT2D eigenvalue weighted by molar-refractivity contribution is -0.116. The fraction of sp³-hybridized carbons (Fsp3) is 0.240. The Morgan fingerprint density at radius 1 is 0.903 bits per heavy atom. The van der Waals surface area contributed by atoms with Crippen molar-refractivity contribution < 1.29 is 9.53 Å². The van der Waals surface area contributed by atoms with E-state index >= 15 is 0 Å². The molecule has 162 valence electrons. The number of carbonyl (C=O) groups excluding carboxylic acids is 1. The first-order valence-corrected chi connectivity index (χ1v) is 10.9. The van der Waals surface area contributed by atoms with Gasteiger partial charge in [-0.1, -0.05) is 73.4 Å². The molecular formula is C25H26Cl2N2O2. The van der Waals surface area contributed by atoms with Crippen LogP contribution in [0.1, 0.15) is 31.4 Å². The molecule has 3 rings (SSSR count). The molecule has 0 aliphatic rings. The Kier molecular flexibility index (Phi) is 8.21. The number of rotatable bonds is 9. The van der Waals surface area contributed by atoms with Gasteiger partial charge in [0.2, 0.25) is 5.91 Å². The summed E-state index contributed by atoms with van der Waals surface area (Å²) < 4.78 is 5.83. The van der Waals surface area contributed by atoms with Gasteiger partial charge in [-0.05, 0) is 47.4 Å². The lowest BCUT2D eigenvalue weighted by atomic mass is 10.1. The van der Waals surface area contributed by atoms with E-state index in [0.717, 1.165) is 22.5 Å². The van der Waals surface area contributed by atoms with Crippen LogP contribution in [0.5, 0.6) is 5.75 Å². The van der Waals surface area contributed by atoms with Gasteiger partial charge < -0.3 is 15.4 Å². The second kappa shape index (κ2) is 11.1. The number of halogens is 2. The molecule has 3 aromatic rings. The van der Waals surface area contributed by atoms with Crippen LogP contribution in [0.15, 0.2) is 66.7 Å². The van der Waals surface area contributed by atoms with E-state index in [-0.39, 0.29) is 5.91 Å². The molecule has 0 fully saturated rings. The Bertz CT molecular complexity index is 1000. The fourth-order valence-corrected chi connectivity index (χ4v) is 3.72. The Balaban J connectivity index is 1.60. The van der Waals surface area contributed by atoms with Crippen molar-refractivity contribution in [2.24, 2.45) is 5.92 Å². The topological polar surface area (TPSA) is 50.4 Å². The monoisotopic (exact) mass is 456 g/mol. The molecule has 0 aliphatic heterocycles. The van der Waals surface area contributed by atoms with E-state index in [1.165, 1.54) is 0 Å². The van der Waals surface area contributed by atoms with Crippen LogP contribution in [0.25, 0.3) is 0 Å². The summed E-state index contributed by atoms with van der Waals surface area (Å²) in [4.78, 5) is 12.0. The zero-order chi connectivity index (χ0) is 22.2. The Morgan fingerprint density at radius 2 is 1.58 bits per heavy atom. The predicted octanol–water partition coefficient (Wildman–Crippen LogP) is 7.17. The third-order valence-corrected chi connectivity index (χ3v) is 5.08. The number of benzene rings is 3. The molecule has 0 aliphatic carbocycles. The van der Waals surface area contributed by atoms with E-state index < -0.39 is 0 Å². The first-order valence-electron chi connectivity index (χ1n) is 10.2. The summed E-state index contributed by atoms with van der Waals surface area (Å²) in [5.41, 5.74) is 3.62. The van der Waals surface area contributed by atoms with E-state index in [1.807, 2.05) is 80.6 Å². The SMILES string of the molecule is CC(C)CC(=O)Nc1cccc(NCc2cc(Cl)c(OCc3ccccc3)c(Cl)c2)c1. The summed E-state index contributed by atoms with van der Waals surface area (Å²) in [5.74, 6) is 0.804. The predicted molar refractivity (Wildman–Crippen MR) is 129 cm³/mol. The van der Waals surface area contributed by atoms with Crippen molar-refractivity contribution in [1.29, 1.82) is 0 Å². The van der Waals surface area contributed by atoms with E-state index in [0.29, 0.717) is 41.3 Å². The lowest BCUT2D eigenvalue weighted by Gasteiger charge is -2.13. The fourth-order valence-electron chi connectivity index (χ4n) is 3.08. The minimum absolute atomic E-state index is 0.0109. The third kappa shape index (κ3) is 7.20. The molecule has 0 heterocycles. The van der Waals surface area contributed by atoms with E-state index in [4.69, 9.17) is 27.9 Å². The number of nitrogens with one attached hydrogen (secondary N) is 2. The zero-order valence-corrected chi connectivity index (χ0v) is 19.1. The van der Waals surface area contributed by atoms with Gasteiger partial charge in [-0.25, -0.2) is 0 Å². The average Bonchev–Trinajstić information content (AvgIpc) is 2.72. The van der Waals surface area contributed by atoms with Gasteiger partial charge in [0, 0.05) is 24.3 Å². The number of anilines is 2. The summed E-state index contributed by atoms with van der Waals surface area (Å²) in [7, 11) is 0. The van der Waals surface area contributed by atoms with Crippen LogP contribution in [-0.4, -0.2) is 5.91 Å². The van der Waals surface area contributed by atoms with Crippen LogP contribution >= 0.6 is 23.2 Å². The van der Waals surface area contributed by atoms with Crippen molar-refractivity contribution in [1.82, 2.24) is 0 Å². The Labute approximate surface area is 193 Å². The van der Waals surface area contributed by atoms with Crippen molar-refractivity contribution in [2.45, 2.75) is 33.4 Å². The molecule has 31 heavy (non-hydrogen) atoms. The van der Waals surface area contributed by atoms with Crippen molar-refractivity contribution in [3.8, 4) is 5.75 Å². The van der Waals surface area contributed by atoms with Crippen molar-refractivity contribution in [3.05, 3.63) is 87.9 Å². The molecule has 0 unspecified atom stereocenters. The summed E-state index contributed by atoms with van der Waals surface area (Å²) in [5, 5.41) is 7.20. The van der Waals surface area contributed by atoms with Crippen LogP contribution in [-0.2, 0) is 17.9 Å². The summed E-state index contributed by atoms with van der Waals surface area (Å²) in [6.07, 6.45) is 0.493. The number of hydrogen-bond donors (Lipinski definition) is 2. The molecular weight excluding hydrogens is 431 g/mol. The molecule has 0 saturated carbocycles. The maximum Gasteiger partial charge on any atom is 0.224 e. The van der Waals surface area contributed by atoms with Gasteiger partial charge in [-0.2, -0.15) is 0 Å². The quantitative estimate of drug-likeness (QED) is 0.358. The van der Waals surface area contributed by atoms with E-state index in [2.05, 4.69) is 10.6 Å². The highest BCUT2D eigenvalue weighted by Crippen LogP contribution is 2.35. The van der Waals surface area contributed by atoms with Gasteiger partial charge in [-0.15, -0.1) is 0 Å². The summed E-state index contributed by atoms with van der Waals surface area (Å²) in [6.45, 7) is 4.96. The average molecular weight is 457 g/mol. The molecule has 0 spiro atoms.